The Morgan fingerprint density at radius 2 is 2.15 bits per heavy atom. The molecule has 0 amide bonds. The van der Waals surface area contributed by atoms with Crippen LogP contribution < -0.4 is 0 Å². The maximum atomic E-state index is 11.1. The minimum atomic E-state index is -0.896. The molecule has 2 aromatic rings. The van der Waals surface area contributed by atoms with Gasteiger partial charge in [-0.1, -0.05) is 0 Å². The number of imidazole rings is 1. The molecule has 1 N–H and O–H groups in total. The maximum Gasteiger partial charge on any atom is 0.335 e. The minimum Gasteiger partial charge on any atom is -0.478 e. The Bertz CT molecular complexity index is 629. The summed E-state index contributed by atoms with van der Waals surface area (Å²) in [6.07, 6.45) is 4.37. The molecule has 1 unspecified atom stereocenters. The second-order valence-electron chi connectivity index (χ2n) is 5.52. The fraction of sp³-hybridized carbons (Fsp3) is 0.467. The highest BCUT2D eigenvalue weighted by Crippen LogP contribution is 2.21. The van der Waals surface area contributed by atoms with Crippen LogP contribution in [0.4, 0.5) is 0 Å². The van der Waals surface area contributed by atoms with Crippen LogP contribution in [0.15, 0.2) is 24.5 Å². The molecule has 0 saturated carbocycles. The summed E-state index contributed by atoms with van der Waals surface area (Å²) in [7, 11) is 0. The Morgan fingerprint density at radius 3 is 2.85 bits per heavy atom. The number of hydrogen-bond donors (Lipinski definition) is 1. The summed E-state index contributed by atoms with van der Waals surface area (Å²) in [5.74, 6) is -0.896. The quantitative estimate of drug-likeness (QED) is 0.929. The third-order valence-corrected chi connectivity index (χ3v) is 4.02. The average Bonchev–Trinajstić information content (AvgIpc) is 3.06. The SMILES string of the molecule is CC(CN1CCCC1)n1cnc2ccc(C(=O)O)cc21. The van der Waals surface area contributed by atoms with Crippen LogP contribution in [0.5, 0.6) is 0 Å². The van der Waals surface area contributed by atoms with Gasteiger partial charge in [0.15, 0.2) is 0 Å². The van der Waals surface area contributed by atoms with Crippen molar-refractivity contribution in [2.45, 2.75) is 25.8 Å². The highest BCUT2D eigenvalue weighted by atomic mass is 16.4. The lowest BCUT2D eigenvalue weighted by Crippen LogP contribution is -2.26. The molecule has 20 heavy (non-hydrogen) atoms. The van der Waals surface area contributed by atoms with Gasteiger partial charge in [0.1, 0.15) is 0 Å². The molecule has 1 aliphatic rings. The number of hydrogen-bond acceptors (Lipinski definition) is 3. The second-order valence-corrected chi connectivity index (χ2v) is 5.52. The van der Waals surface area contributed by atoms with Gasteiger partial charge in [-0.25, -0.2) is 9.78 Å². The lowest BCUT2D eigenvalue weighted by Gasteiger charge is -2.21. The number of benzene rings is 1. The van der Waals surface area contributed by atoms with Crippen LogP contribution in [0.25, 0.3) is 11.0 Å². The van der Waals surface area contributed by atoms with Gasteiger partial charge in [-0.3, -0.25) is 0 Å². The molecule has 106 valence electrons. The molecule has 1 aromatic heterocycles. The standard InChI is InChI=1S/C15H19N3O2/c1-11(9-17-6-2-3-7-17)18-10-16-13-5-4-12(15(19)20)8-14(13)18/h4-5,8,10-11H,2-3,6-7,9H2,1H3,(H,19,20). The van der Waals surface area contributed by atoms with Crippen LogP contribution in [0, 0.1) is 0 Å². The largest absolute Gasteiger partial charge is 0.478 e. The number of carboxylic acid groups (broad SMARTS) is 1. The van der Waals surface area contributed by atoms with E-state index in [1.807, 2.05) is 6.33 Å². The van der Waals surface area contributed by atoms with Crippen LogP contribution in [0.3, 0.4) is 0 Å². The molecule has 2 heterocycles. The van der Waals surface area contributed by atoms with Crippen molar-refractivity contribution in [3.05, 3.63) is 30.1 Å². The molecule has 1 aromatic carbocycles. The van der Waals surface area contributed by atoms with Gasteiger partial charge in [-0.2, -0.15) is 0 Å². The van der Waals surface area contributed by atoms with Crippen molar-refractivity contribution in [1.29, 1.82) is 0 Å². The van der Waals surface area contributed by atoms with Gasteiger partial charge in [0.25, 0.3) is 0 Å². The molecule has 5 heteroatoms. The van der Waals surface area contributed by atoms with Gasteiger partial charge in [0, 0.05) is 12.6 Å². The van der Waals surface area contributed by atoms with Crippen molar-refractivity contribution in [2.24, 2.45) is 0 Å². The monoisotopic (exact) mass is 273 g/mol. The molecule has 1 saturated heterocycles. The van der Waals surface area contributed by atoms with E-state index in [1.54, 1.807) is 18.2 Å². The van der Waals surface area contributed by atoms with E-state index in [2.05, 4.69) is 21.4 Å². The maximum absolute atomic E-state index is 11.1. The topological polar surface area (TPSA) is 58.4 Å². The average molecular weight is 273 g/mol. The van der Waals surface area contributed by atoms with E-state index in [9.17, 15) is 4.79 Å². The zero-order chi connectivity index (χ0) is 14.1. The summed E-state index contributed by atoms with van der Waals surface area (Å²) in [5, 5.41) is 9.10. The summed E-state index contributed by atoms with van der Waals surface area (Å²) < 4.78 is 2.08. The number of aromatic carboxylic acids is 1. The fourth-order valence-electron chi connectivity index (χ4n) is 2.94. The van der Waals surface area contributed by atoms with Crippen molar-refractivity contribution in [3.63, 3.8) is 0 Å². The van der Waals surface area contributed by atoms with Crippen molar-refractivity contribution in [3.8, 4) is 0 Å². The number of aromatic nitrogens is 2. The summed E-state index contributed by atoms with van der Waals surface area (Å²) >= 11 is 0. The van der Waals surface area contributed by atoms with E-state index in [1.165, 1.54) is 12.8 Å². The van der Waals surface area contributed by atoms with Crippen LogP contribution in [0.1, 0.15) is 36.2 Å². The minimum absolute atomic E-state index is 0.294. The Balaban J connectivity index is 1.89. The van der Waals surface area contributed by atoms with Gasteiger partial charge >= 0.3 is 5.97 Å². The third-order valence-electron chi connectivity index (χ3n) is 4.02. The number of carbonyl (C=O) groups is 1. The smallest absolute Gasteiger partial charge is 0.335 e. The first-order valence-corrected chi connectivity index (χ1v) is 7.07. The third kappa shape index (κ3) is 2.41. The molecule has 5 nitrogen and oxygen atoms in total. The summed E-state index contributed by atoms with van der Waals surface area (Å²) in [5.41, 5.74) is 2.06. The normalized spacial score (nSPS) is 17.6. The predicted octanol–water partition coefficient (Wildman–Crippen LogP) is 2.39. The van der Waals surface area contributed by atoms with E-state index in [0.717, 1.165) is 30.7 Å². The first-order valence-electron chi connectivity index (χ1n) is 7.07. The molecule has 3 rings (SSSR count). The molecular weight excluding hydrogens is 254 g/mol. The van der Waals surface area contributed by atoms with Gasteiger partial charge in [0.05, 0.1) is 22.9 Å². The first kappa shape index (κ1) is 13.1. The lowest BCUT2D eigenvalue weighted by atomic mass is 10.2. The van der Waals surface area contributed by atoms with E-state index < -0.39 is 5.97 Å². The van der Waals surface area contributed by atoms with Crippen LogP contribution in [0.2, 0.25) is 0 Å². The summed E-state index contributed by atoms with van der Waals surface area (Å²) in [6.45, 7) is 5.48. The Hall–Kier alpha value is -1.88. The van der Waals surface area contributed by atoms with Crippen molar-refractivity contribution < 1.29 is 9.90 Å². The molecule has 1 fully saturated rings. The molecule has 1 aliphatic heterocycles. The van der Waals surface area contributed by atoms with Gasteiger partial charge in [-0.15, -0.1) is 0 Å². The van der Waals surface area contributed by atoms with Crippen molar-refractivity contribution in [2.75, 3.05) is 19.6 Å². The van der Waals surface area contributed by atoms with E-state index >= 15 is 0 Å². The van der Waals surface area contributed by atoms with E-state index in [0.29, 0.717) is 11.6 Å². The molecule has 1 atom stereocenters. The zero-order valence-electron chi connectivity index (χ0n) is 11.6. The predicted molar refractivity (Wildman–Crippen MR) is 77.1 cm³/mol. The van der Waals surface area contributed by atoms with Gasteiger partial charge in [-0.05, 0) is 51.1 Å². The second kappa shape index (κ2) is 5.25. The Morgan fingerprint density at radius 1 is 1.40 bits per heavy atom. The Labute approximate surface area is 117 Å². The number of carboxylic acids is 1. The number of rotatable bonds is 4. The van der Waals surface area contributed by atoms with Gasteiger partial charge in [0.2, 0.25) is 0 Å². The van der Waals surface area contributed by atoms with E-state index in [-0.39, 0.29) is 0 Å². The van der Waals surface area contributed by atoms with Crippen LogP contribution in [-0.2, 0) is 0 Å². The molecule has 0 bridgehead atoms. The molecule has 0 aliphatic carbocycles. The van der Waals surface area contributed by atoms with Crippen molar-refractivity contribution in [1.82, 2.24) is 14.5 Å². The molecular formula is C15H19N3O2. The van der Waals surface area contributed by atoms with E-state index in [4.69, 9.17) is 5.11 Å². The zero-order valence-corrected chi connectivity index (χ0v) is 11.6. The summed E-state index contributed by atoms with van der Waals surface area (Å²) in [4.78, 5) is 17.9. The lowest BCUT2D eigenvalue weighted by molar-refractivity contribution is 0.0697. The van der Waals surface area contributed by atoms with Gasteiger partial charge < -0.3 is 14.6 Å². The van der Waals surface area contributed by atoms with Crippen LogP contribution in [-0.4, -0.2) is 45.2 Å². The highest BCUT2D eigenvalue weighted by molar-refractivity contribution is 5.92. The number of nitrogens with zero attached hydrogens (tertiary/aromatic N) is 3. The molecule has 0 spiro atoms. The Kier molecular flexibility index (Phi) is 3.44. The number of likely N-dealkylation sites (tertiary alicyclic amines) is 1. The highest BCUT2D eigenvalue weighted by Gasteiger charge is 2.17. The number of fused-ring (bicyclic) bond motifs is 1. The first-order chi connectivity index (χ1) is 9.65. The fourth-order valence-corrected chi connectivity index (χ4v) is 2.94. The summed E-state index contributed by atoms with van der Waals surface area (Å²) in [6, 6.07) is 5.39. The molecule has 0 radical (unpaired) electrons. The van der Waals surface area contributed by atoms with Crippen LogP contribution >= 0.6 is 0 Å². The van der Waals surface area contributed by atoms with Crippen molar-refractivity contribution >= 4 is 17.0 Å².